The Balaban J connectivity index is 0.000000561. The molecular weight excluding hydrogens is 160 g/mol. The molecule has 0 saturated carbocycles. The Kier molecular flexibility index (Phi) is 3.72. The molecule has 0 atom stereocenters. The molecule has 5 heteroatoms. The fraction of sp³-hybridized carbons (Fsp3) is 0.143. The van der Waals surface area contributed by atoms with Crippen LogP contribution >= 0.6 is 0 Å². The lowest BCUT2D eigenvalue weighted by molar-refractivity contribution is 0.399. The number of hydrogen-bond acceptors (Lipinski definition) is 5. The normalized spacial score (nSPS) is 8.50. The number of hydrogen-bond donors (Lipinski definition) is 5. The molecule has 0 bridgehead atoms. The molecule has 0 aliphatic carbocycles. The summed E-state index contributed by atoms with van der Waals surface area (Å²) in [5.74, 6) is -0.321. The first-order valence-corrected chi connectivity index (χ1v) is 3.13. The van der Waals surface area contributed by atoms with E-state index in [2.05, 4.69) is 0 Å². The number of aliphatic hydroxyl groups is 1. The van der Waals surface area contributed by atoms with Gasteiger partial charge < -0.3 is 26.8 Å². The van der Waals surface area contributed by atoms with Gasteiger partial charge in [0.2, 0.25) is 0 Å². The maximum Gasteiger partial charge on any atom is 0.142 e. The predicted molar refractivity (Wildman–Crippen MR) is 46.7 cm³/mol. The van der Waals surface area contributed by atoms with Crippen molar-refractivity contribution in [3.05, 3.63) is 12.1 Å². The predicted octanol–water partition coefficient (Wildman–Crippen LogP) is -0.129. The molecule has 1 rings (SSSR count). The topological polar surface area (TPSA) is 113 Å². The van der Waals surface area contributed by atoms with E-state index in [1.165, 1.54) is 6.07 Å². The Hall–Kier alpha value is -1.62. The van der Waals surface area contributed by atoms with Crippen LogP contribution in [0.25, 0.3) is 0 Å². The monoisotopic (exact) mass is 172 g/mol. The van der Waals surface area contributed by atoms with Crippen LogP contribution in [0, 0.1) is 0 Å². The van der Waals surface area contributed by atoms with Crippen molar-refractivity contribution in [3.63, 3.8) is 0 Å². The van der Waals surface area contributed by atoms with Crippen LogP contribution in [0.5, 0.6) is 11.5 Å². The minimum absolute atomic E-state index is 0.160. The molecular formula is C7H12N2O3. The number of phenols is 2. The largest absolute Gasteiger partial charge is 0.506 e. The Morgan fingerprint density at radius 3 is 1.50 bits per heavy atom. The van der Waals surface area contributed by atoms with Gasteiger partial charge in [-0.3, -0.25) is 0 Å². The van der Waals surface area contributed by atoms with Gasteiger partial charge in [-0.15, -0.1) is 0 Å². The third-order valence-electron chi connectivity index (χ3n) is 1.18. The summed E-state index contributed by atoms with van der Waals surface area (Å²) in [4.78, 5) is 0. The molecule has 0 unspecified atom stereocenters. The highest BCUT2D eigenvalue weighted by atomic mass is 16.3. The molecule has 5 nitrogen and oxygen atoms in total. The molecule has 0 aliphatic rings. The summed E-state index contributed by atoms with van der Waals surface area (Å²) in [5.41, 5.74) is 10.8. The van der Waals surface area contributed by atoms with E-state index in [9.17, 15) is 0 Å². The van der Waals surface area contributed by atoms with Crippen molar-refractivity contribution in [2.75, 3.05) is 18.6 Å². The highest BCUT2D eigenvalue weighted by Crippen LogP contribution is 2.30. The van der Waals surface area contributed by atoms with Crippen molar-refractivity contribution in [1.82, 2.24) is 0 Å². The van der Waals surface area contributed by atoms with Gasteiger partial charge in [-0.2, -0.15) is 0 Å². The summed E-state index contributed by atoms with van der Waals surface area (Å²) in [5, 5.41) is 24.8. The lowest BCUT2D eigenvalue weighted by atomic mass is 10.2. The maximum absolute atomic E-state index is 8.88. The quantitative estimate of drug-likeness (QED) is 0.212. The van der Waals surface area contributed by atoms with E-state index in [4.69, 9.17) is 26.8 Å². The zero-order valence-corrected chi connectivity index (χ0v) is 6.65. The number of phenolic OH excluding ortho intramolecular Hbond substituents is 2. The number of aromatic hydroxyl groups is 2. The van der Waals surface area contributed by atoms with E-state index in [-0.39, 0.29) is 22.9 Å². The van der Waals surface area contributed by atoms with Crippen LogP contribution in [-0.4, -0.2) is 22.4 Å². The van der Waals surface area contributed by atoms with Crippen LogP contribution < -0.4 is 11.5 Å². The van der Waals surface area contributed by atoms with Crippen molar-refractivity contribution in [2.45, 2.75) is 0 Å². The van der Waals surface area contributed by atoms with Crippen LogP contribution in [-0.2, 0) is 0 Å². The van der Waals surface area contributed by atoms with Crippen molar-refractivity contribution in [1.29, 1.82) is 0 Å². The fourth-order valence-corrected chi connectivity index (χ4v) is 0.612. The lowest BCUT2D eigenvalue weighted by Gasteiger charge is -2.01. The zero-order valence-electron chi connectivity index (χ0n) is 6.65. The van der Waals surface area contributed by atoms with Crippen LogP contribution in [0.3, 0.4) is 0 Å². The Morgan fingerprint density at radius 2 is 1.25 bits per heavy atom. The lowest BCUT2D eigenvalue weighted by Crippen LogP contribution is -1.90. The molecule has 1 aromatic rings. The first kappa shape index (κ1) is 10.4. The number of benzene rings is 1. The van der Waals surface area contributed by atoms with Gasteiger partial charge in [-0.05, 0) is 6.07 Å². The van der Waals surface area contributed by atoms with Gasteiger partial charge in [-0.25, -0.2) is 0 Å². The van der Waals surface area contributed by atoms with E-state index in [0.717, 1.165) is 13.2 Å². The van der Waals surface area contributed by atoms with E-state index >= 15 is 0 Å². The molecule has 0 saturated heterocycles. The third-order valence-corrected chi connectivity index (χ3v) is 1.18. The molecule has 1 aromatic carbocycles. The van der Waals surface area contributed by atoms with Crippen molar-refractivity contribution >= 4 is 11.4 Å². The van der Waals surface area contributed by atoms with Gasteiger partial charge in [0, 0.05) is 13.2 Å². The number of anilines is 2. The van der Waals surface area contributed by atoms with Gasteiger partial charge in [0.1, 0.15) is 11.5 Å². The summed E-state index contributed by atoms with van der Waals surface area (Å²) < 4.78 is 0. The fourth-order valence-electron chi connectivity index (χ4n) is 0.612. The van der Waals surface area contributed by atoms with Gasteiger partial charge in [0.05, 0.1) is 11.4 Å². The molecule has 0 amide bonds. The second kappa shape index (κ2) is 4.30. The van der Waals surface area contributed by atoms with Gasteiger partial charge >= 0.3 is 0 Å². The van der Waals surface area contributed by atoms with E-state index in [1.807, 2.05) is 0 Å². The highest BCUT2D eigenvalue weighted by molar-refractivity contribution is 5.66. The molecule has 0 fully saturated rings. The summed E-state index contributed by atoms with van der Waals surface area (Å²) >= 11 is 0. The van der Waals surface area contributed by atoms with Crippen molar-refractivity contribution in [2.24, 2.45) is 0 Å². The van der Waals surface area contributed by atoms with E-state index < -0.39 is 0 Å². The average Bonchev–Trinajstić information content (AvgIpc) is 2.05. The van der Waals surface area contributed by atoms with Gasteiger partial charge in [0.15, 0.2) is 0 Å². The number of aliphatic hydroxyl groups excluding tert-OH is 1. The second-order valence-corrected chi connectivity index (χ2v) is 1.97. The summed E-state index contributed by atoms with van der Waals surface area (Å²) in [6.07, 6.45) is 0. The van der Waals surface area contributed by atoms with Crippen molar-refractivity contribution < 1.29 is 15.3 Å². The maximum atomic E-state index is 8.88. The Bertz CT molecular complexity index is 213. The number of rotatable bonds is 0. The van der Waals surface area contributed by atoms with E-state index in [0.29, 0.717) is 0 Å². The minimum Gasteiger partial charge on any atom is -0.506 e. The molecule has 12 heavy (non-hydrogen) atoms. The first-order valence-electron chi connectivity index (χ1n) is 3.13. The summed E-state index contributed by atoms with van der Waals surface area (Å²) in [6, 6.07) is 2.40. The van der Waals surface area contributed by atoms with Gasteiger partial charge in [-0.1, -0.05) is 0 Å². The van der Waals surface area contributed by atoms with Gasteiger partial charge in [0.25, 0.3) is 0 Å². The number of nitrogens with two attached hydrogens (primary N) is 2. The van der Waals surface area contributed by atoms with E-state index in [1.54, 1.807) is 0 Å². The minimum atomic E-state index is -0.160. The molecule has 7 N–H and O–H groups in total. The second-order valence-electron chi connectivity index (χ2n) is 1.97. The van der Waals surface area contributed by atoms with Crippen molar-refractivity contribution in [3.8, 4) is 11.5 Å². The third kappa shape index (κ3) is 2.21. The average molecular weight is 172 g/mol. The molecule has 0 aromatic heterocycles. The zero-order chi connectivity index (χ0) is 9.72. The van der Waals surface area contributed by atoms with Crippen LogP contribution in [0.4, 0.5) is 11.4 Å². The van der Waals surface area contributed by atoms with Crippen LogP contribution in [0.2, 0.25) is 0 Å². The summed E-state index contributed by atoms with van der Waals surface area (Å²) in [6.45, 7) is 0. The Labute approximate surface area is 69.9 Å². The highest BCUT2D eigenvalue weighted by Gasteiger charge is 2.01. The van der Waals surface area contributed by atoms with Crippen LogP contribution in [0.15, 0.2) is 12.1 Å². The number of nitrogen functional groups attached to an aromatic ring is 2. The summed E-state index contributed by atoms with van der Waals surface area (Å²) in [7, 11) is 1.00. The molecule has 0 radical (unpaired) electrons. The van der Waals surface area contributed by atoms with Crippen LogP contribution in [0.1, 0.15) is 0 Å². The SMILES string of the molecule is CO.Nc1cc(N)c(O)cc1O. The molecule has 68 valence electrons. The molecule has 0 spiro atoms. The molecule has 0 aliphatic heterocycles. The smallest absolute Gasteiger partial charge is 0.142 e. The standard InChI is InChI=1S/C6H8N2O2.CH4O/c7-3-1-4(8)6(10)2-5(3)9;1-2/h1-2,9-10H,7-8H2;2H,1H3. The Morgan fingerprint density at radius 1 is 0.917 bits per heavy atom. The molecule has 0 heterocycles. The first-order chi connectivity index (χ1) is 5.61.